The smallest absolute Gasteiger partial charge is 0.405 e. The highest BCUT2D eigenvalue weighted by Gasteiger charge is 2.19. The normalized spacial score (nSPS) is 11.9. The molecule has 0 aliphatic carbocycles. The number of carboxylic acid groups (broad SMARTS) is 1. The number of carbonyl (C=O) groups is 2. The average molecular weight is 247 g/mol. The second-order valence-corrected chi connectivity index (χ2v) is 3.27. The molecule has 1 amide bonds. The lowest BCUT2D eigenvalue weighted by atomic mass is 10.1. The van der Waals surface area contributed by atoms with Gasteiger partial charge in [0.15, 0.2) is 11.0 Å². The van der Waals surface area contributed by atoms with Crippen LogP contribution in [0.1, 0.15) is 18.0 Å². The molecule has 0 saturated heterocycles. The van der Waals surface area contributed by atoms with Crippen molar-refractivity contribution >= 4 is 24.0 Å². The van der Waals surface area contributed by atoms with Crippen LogP contribution in [0.5, 0.6) is 0 Å². The van der Waals surface area contributed by atoms with Crippen LogP contribution in [0.2, 0.25) is 5.15 Å². The zero-order chi connectivity index (χ0) is 12.1. The molecule has 2 N–H and O–H groups in total. The molecular weight excluding hydrogens is 239 g/mol. The molecule has 0 bridgehead atoms. The summed E-state index contributed by atoms with van der Waals surface area (Å²) in [6.45, 7) is 0. The van der Waals surface area contributed by atoms with Gasteiger partial charge in [0.05, 0.1) is 6.04 Å². The van der Waals surface area contributed by atoms with E-state index in [-0.39, 0.29) is 17.1 Å². The van der Waals surface area contributed by atoms with Gasteiger partial charge in [0, 0.05) is 18.2 Å². The fraction of sp³-hybridized carbons (Fsp3) is 0.222. The molecule has 1 aromatic rings. The Hall–Kier alpha value is -1.69. The Morgan fingerprint density at radius 2 is 2.44 bits per heavy atom. The summed E-state index contributed by atoms with van der Waals surface area (Å²) < 4.78 is 13.5. The first-order valence-corrected chi connectivity index (χ1v) is 4.67. The third kappa shape index (κ3) is 2.90. The average Bonchev–Trinajstić information content (AvgIpc) is 2.21. The Morgan fingerprint density at radius 3 is 3.00 bits per heavy atom. The Kier molecular flexibility index (Phi) is 4.19. The number of aldehydes is 1. The van der Waals surface area contributed by atoms with Gasteiger partial charge in [-0.3, -0.25) is 0 Å². The van der Waals surface area contributed by atoms with E-state index in [1.165, 1.54) is 12.3 Å². The number of hydrogen-bond donors (Lipinski definition) is 2. The molecule has 5 nitrogen and oxygen atoms in total. The number of amides is 1. The standard InChI is InChI=1S/C9H8ClFN2O3/c10-8-7(11)5(1-3-12-8)6(2-4-14)13-9(15)16/h1,3-4,6,13H,2H2,(H,15,16). The SMILES string of the molecule is O=CCC(NC(=O)O)c1ccnc(Cl)c1F. The first kappa shape index (κ1) is 12.4. The van der Waals surface area contributed by atoms with E-state index >= 15 is 0 Å². The molecule has 0 aliphatic heterocycles. The van der Waals surface area contributed by atoms with Crippen molar-refractivity contribution in [3.8, 4) is 0 Å². The Labute approximate surface area is 95.2 Å². The van der Waals surface area contributed by atoms with Gasteiger partial charge in [-0.15, -0.1) is 0 Å². The highest BCUT2D eigenvalue weighted by molar-refractivity contribution is 6.29. The summed E-state index contributed by atoms with van der Waals surface area (Å²) in [5.74, 6) is -0.829. The maximum atomic E-state index is 13.5. The van der Waals surface area contributed by atoms with Gasteiger partial charge in [0.25, 0.3) is 0 Å². The van der Waals surface area contributed by atoms with Gasteiger partial charge in [-0.25, -0.2) is 14.2 Å². The molecule has 0 spiro atoms. The summed E-state index contributed by atoms with van der Waals surface area (Å²) in [7, 11) is 0. The molecule has 0 fully saturated rings. The largest absolute Gasteiger partial charge is 0.465 e. The van der Waals surface area contributed by atoms with Crippen molar-refractivity contribution in [2.45, 2.75) is 12.5 Å². The first-order valence-electron chi connectivity index (χ1n) is 4.29. The van der Waals surface area contributed by atoms with E-state index in [1.54, 1.807) is 0 Å². The van der Waals surface area contributed by atoms with E-state index in [9.17, 15) is 14.0 Å². The van der Waals surface area contributed by atoms with Gasteiger partial charge in [-0.1, -0.05) is 11.6 Å². The lowest BCUT2D eigenvalue weighted by Gasteiger charge is -2.15. The zero-order valence-corrected chi connectivity index (χ0v) is 8.74. The molecule has 1 heterocycles. The fourth-order valence-electron chi connectivity index (χ4n) is 1.21. The maximum absolute atomic E-state index is 13.5. The van der Waals surface area contributed by atoms with Gasteiger partial charge >= 0.3 is 6.09 Å². The molecule has 16 heavy (non-hydrogen) atoms. The molecule has 0 aliphatic rings. The third-order valence-corrected chi connectivity index (χ3v) is 2.15. The van der Waals surface area contributed by atoms with Crippen LogP contribution in [-0.4, -0.2) is 22.5 Å². The molecule has 0 radical (unpaired) electrons. The molecule has 1 aromatic heterocycles. The lowest BCUT2D eigenvalue weighted by Crippen LogP contribution is -2.27. The summed E-state index contributed by atoms with van der Waals surface area (Å²) in [4.78, 5) is 24.3. The van der Waals surface area contributed by atoms with E-state index in [0.717, 1.165) is 0 Å². The molecule has 1 atom stereocenters. The van der Waals surface area contributed by atoms with Crippen molar-refractivity contribution in [2.75, 3.05) is 0 Å². The summed E-state index contributed by atoms with van der Waals surface area (Å²) in [5.41, 5.74) is -0.00509. The second kappa shape index (κ2) is 5.41. The second-order valence-electron chi connectivity index (χ2n) is 2.91. The summed E-state index contributed by atoms with van der Waals surface area (Å²) >= 11 is 5.44. The number of carbonyl (C=O) groups excluding carboxylic acids is 1. The molecule has 86 valence electrons. The van der Waals surface area contributed by atoms with Crippen LogP contribution in [0.15, 0.2) is 12.3 Å². The summed E-state index contributed by atoms with van der Waals surface area (Å²) in [6.07, 6.45) is 0.208. The van der Waals surface area contributed by atoms with E-state index in [4.69, 9.17) is 16.7 Å². The van der Waals surface area contributed by atoms with E-state index in [1.807, 2.05) is 5.32 Å². The topological polar surface area (TPSA) is 79.3 Å². The number of aromatic nitrogens is 1. The minimum Gasteiger partial charge on any atom is -0.465 e. The van der Waals surface area contributed by atoms with Gasteiger partial charge in [-0.05, 0) is 6.07 Å². The minimum atomic E-state index is -1.35. The third-order valence-electron chi connectivity index (χ3n) is 1.88. The Bertz CT molecular complexity index is 414. The van der Waals surface area contributed by atoms with Crippen molar-refractivity contribution in [2.24, 2.45) is 0 Å². The van der Waals surface area contributed by atoms with Crippen LogP contribution in [0.4, 0.5) is 9.18 Å². The first-order chi connectivity index (χ1) is 7.56. The van der Waals surface area contributed by atoms with Crippen LogP contribution in [0.3, 0.4) is 0 Å². The van der Waals surface area contributed by atoms with Crippen molar-refractivity contribution in [3.05, 3.63) is 28.8 Å². The Morgan fingerprint density at radius 1 is 1.75 bits per heavy atom. The summed E-state index contributed by atoms with van der Waals surface area (Å²) in [6, 6.07) is 0.307. The van der Waals surface area contributed by atoms with Crippen LogP contribution in [0, 0.1) is 5.82 Å². The highest BCUT2D eigenvalue weighted by atomic mass is 35.5. The van der Waals surface area contributed by atoms with E-state index in [2.05, 4.69) is 4.98 Å². The van der Waals surface area contributed by atoms with E-state index in [0.29, 0.717) is 6.29 Å². The number of rotatable bonds is 4. The molecule has 1 unspecified atom stereocenters. The molecular formula is C9H8ClFN2O3. The maximum Gasteiger partial charge on any atom is 0.405 e. The predicted molar refractivity (Wildman–Crippen MR) is 53.8 cm³/mol. The quantitative estimate of drug-likeness (QED) is 0.627. The number of pyridine rings is 1. The van der Waals surface area contributed by atoms with Crippen LogP contribution in [0.25, 0.3) is 0 Å². The molecule has 0 aromatic carbocycles. The Balaban J connectivity index is 3.04. The summed E-state index contributed by atoms with van der Waals surface area (Å²) in [5, 5.41) is 10.2. The number of nitrogens with one attached hydrogen (secondary N) is 1. The fourth-order valence-corrected chi connectivity index (χ4v) is 1.38. The van der Waals surface area contributed by atoms with Crippen molar-refractivity contribution in [1.29, 1.82) is 0 Å². The van der Waals surface area contributed by atoms with Crippen LogP contribution >= 0.6 is 11.6 Å². The number of hydrogen-bond acceptors (Lipinski definition) is 3. The highest BCUT2D eigenvalue weighted by Crippen LogP contribution is 2.23. The van der Waals surface area contributed by atoms with Crippen LogP contribution < -0.4 is 5.32 Å². The number of nitrogens with zero attached hydrogens (tertiary/aromatic N) is 1. The molecule has 7 heteroatoms. The number of halogens is 2. The zero-order valence-electron chi connectivity index (χ0n) is 7.98. The minimum absolute atomic E-state index is 0.00509. The van der Waals surface area contributed by atoms with Crippen molar-refractivity contribution < 1.29 is 19.1 Å². The van der Waals surface area contributed by atoms with Crippen molar-refractivity contribution in [3.63, 3.8) is 0 Å². The lowest BCUT2D eigenvalue weighted by molar-refractivity contribution is -0.108. The monoisotopic (exact) mass is 246 g/mol. The van der Waals surface area contributed by atoms with Gasteiger partial charge < -0.3 is 15.2 Å². The van der Waals surface area contributed by atoms with Gasteiger partial charge in [0.1, 0.15) is 6.29 Å². The molecule has 1 rings (SSSR count). The van der Waals surface area contributed by atoms with Crippen molar-refractivity contribution in [1.82, 2.24) is 10.3 Å². The van der Waals surface area contributed by atoms with Crippen LogP contribution in [-0.2, 0) is 4.79 Å². The predicted octanol–water partition coefficient (Wildman–Crippen LogP) is 1.77. The van der Waals surface area contributed by atoms with Gasteiger partial charge in [0.2, 0.25) is 0 Å². The van der Waals surface area contributed by atoms with E-state index < -0.39 is 18.0 Å². The van der Waals surface area contributed by atoms with Gasteiger partial charge in [-0.2, -0.15) is 0 Å². The molecule has 0 saturated carbocycles.